The first-order valence-electron chi connectivity index (χ1n) is 10.2. The summed E-state index contributed by atoms with van der Waals surface area (Å²) >= 11 is 1.23. The van der Waals surface area contributed by atoms with Crippen LogP contribution in [-0.4, -0.2) is 49.8 Å². The lowest BCUT2D eigenvalue weighted by atomic mass is 10.2. The van der Waals surface area contributed by atoms with Crippen molar-refractivity contribution in [3.05, 3.63) is 53.6 Å². The van der Waals surface area contributed by atoms with Crippen molar-refractivity contribution < 1.29 is 22.7 Å². The van der Waals surface area contributed by atoms with Gasteiger partial charge in [-0.25, -0.2) is 18.2 Å². The van der Waals surface area contributed by atoms with E-state index in [1.807, 2.05) is 0 Å². The summed E-state index contributed by atoms with van der Waals surface area (Å²) in [4.78, 5) is 28.9. The fourth-order valence-corrected chi connectivity index (χ4v) is 6.12. The van der Waals surface area contributed by atoms with Gasteiger partial charge in [-0.3, -0.25) is 10.1 Å². The summed E-state index contributed by atoms with van der Waals surface area (Å²) in [5.41, 5.74) is 1.37. The molecule has 1 fully saturated rings. The standard InChI is InChI=1S/C22H23N3O5S2/c1-25(16-5-3-4-6-16)32(28,29)17-10-7-14(8-11-17)20(26)24-22-23-18-12-9-15(21(27)30-2)13-19(18)31-22/h7-13,16H,3-6H2,1-2H3,(H,23,24,26). The molecule has 1 amide bonds. The molecule has 0 radical (unpaired) electrons. The van der Waals surface area contributed by atoms with E-state index in [-0.39, 0.29) is 10.9 Å². The molecule has 1 heterocycles. The van der Waals surface area contributed by atoms with E-state index in [9.17, 15) is 18.0 Å². The quantitative estimate of drug-likeness (QED) is 0.545. The zero-order valence-corrected chi connectivity index (χ0v) is 19.3. The Kier molecular flexibility index (Phi) is 6.27. The van der Waals surface area contributed by atoms with E-state index < -0.39 is 21.9 Å². The third-order valence-electron chi connectivity index (χ3n) is 5.66. The molecule has 0 saturated heterocycles. The Morgan fingerprint density at radius 1 is 1.09 bits per heavy atom. The molecule has 0 spiro atoms. The number of sulfonamides is 1. The van der Waals surface area contributed by atoms with E-state index in [2.05, 4.69) is 10.3 Å². The van der Waals surface area contributed by atoms with E-state index in [4.69, 9.17) is 4.74 Å². The Hall–Kier alpha value is -2.82. The zero-order valence-electron chi connectivity index (χ0n) is 17.7. The van der Waals surface area contributed by atoms with Gasteiger partial charge in [0.15, 0.2) is 5.13 Å². The van der Waals surface area contributed by atoms with Gasteiger partial charge in [0.25, 0.3) is 5.91 Å². The number of ether oxygens (including phenoxy) is 1. The number of carbonyl (C=O) groups is 2. The Morgan fingerprint density at radius 2 is 1.75 bits per heavy atom. The van der Waals surface area contributed by atoms with Crippen molar-refractivity contribution in [2.45, 2.75) is 36.6 Å². The highest BCUT2D eigenvalue weighted by Crippen LogP contribution is 2.29. The van der Waals surface area contributed by atoms with Gasteiger partial charge in [0.2, 0.25) is 10.0 Å². The summed E-state index contributed by atoms with van der Waals surface area (Å²) < 4.78 is 32.6. The molecule has 1 N–H and O–H groups in total. The van der Waals surface area contributed by atoms with Gasteiger partial charge in [0, 0.05) is 18.7 Å². The number of aromatic nitrogens is 1. The highest BCUT2D eigenvalue weighted by molar-refractivity contribution is 7.89. The first-order valence-corrected chi connectivity index (χ1v) is 12.4. The zero-order chi connectivity index (χ0) is 22.9. The molecule has 32 heavy (non-hydrogen) atoms. The number of hydrogen-bond acceptors (Lipinski definition) is 7. The summed E-state index contributed by atoms with van der Waals surface area (Å²) in [7, 11) is -0.672. The molecule has 1 saturated carbocycles. The summed E-state index contributed by atoms with van der Waals surface area (Å²) in [5.74, 6) is -0.843. The molecule has 1 aliphatic carbocycles. The molecule has 168 valence electrons. The van der Waals surface area contributed by atoms with Gasteiger partial charge in [-0.1, -0.05) is 24.2 Å². The number of carbonyl (C=O) groups excluding carboxylic acids is 2. The van der Waals surface area contributed by atoms with E-state index in [0.29, 0.717) is 21.8 Å². The van der Waals surface area contributed by atoms with E-state index in [0.717, 1.165) is 30.4 Å². The van der Waals surface area contributed by atoms with Crippen LogP contribution in [-0.2, 0) is 14.8 Å². The van der Waals surface area contributed by atoms with Gasteiger partial charge in [-0.15, -0.1) is 0 Å². The second kappa shape index (κ2) is 8.97. The first kappa shape index (κ1) is 22.4. The molecular formula is C22H23N3O5S2. The van der Waals surface area contributed by atoms with Gasteiger partial charge < -0.3 is 4.74 Å². The van der Waals surface area contributed by atoms with Crippen LogP contribution >= 0.6 is 11.3 Å². The lowest BCUT2D eigenvalue weighted by Crippen LogP contribution is -2.35. The molecule has 1 aliphatic rings. The topological polar surface area (TPSA) is 106 Å². The Morgan fingerprint density at radius 3 is 2.41 bits per heavy atom. The minimum absolute atomic E-state index is 0.0294. The van der Waals surface area contributed by atoms with Gasteiger partial charge in [0.05, 0.1) is 27.8 Å². The number of benzene rings is 2. The number of fused-ring (bicyclic) bond motifs is 1. The Labute approximate surface area is 190 Å². The van der Waals surface area contributed by atoms with Crippen LogP contribution in [0.1, 0.15) is 46.4 Å². The van der Waals surface area contributed by atoms with E-state index in [1.54, 1.807) is 25.2 Å². The minimum atomic E-state index is -3.60. The summed E-state index contributed by atoms with van der Waals surface area (Å²) in [6.07, 6.45) is 3.83. The average Bonchev–Trinajstić information content (AvgIpc) is 3.47. The third kappa shape index (κ3) is 4.38. The van der Waals surface area contributed by atoms with Crippen molar-refractivity contribution in [1.29, 1.82) is 0 Å². The predicted molar refractivity (Wildman–Crippen MR) is 123 cm³/mol. The maximum absolute atomic E-state index is 12.9. The molecule has 2 aromatic carbocycles. The fourth-order valence-electron chi connectivity index (χ4n) is 3.80. The van der Waals surface area contributed by atoms with Crippen molar-refractivity contribution in [2.75, 3.05) is 19.5 Å². The fraction of sp³-hybridized carbons (Fsp3) is 0.318. The lowest BCUT2D eigenvalue weighted by molar-refractivity contribution is 0.0600. The smallest absolute Gasteiger partial charge is 0.337 e. The summed E-state index contributed by atoms with van der Waals surface area (Å²) in [6, 6.07) is 10.9. The Balaban J connectivity index is 1.48. The molecule has 8 nitrogen and oxygen atoms in total. The number of thiazole rings is 1. The minimum Gasteiger partial charge on any atom is -0.465 e. The maximum Gasteiger partial charge on any atom is 0.337 e. The number of esters is 1. The molecule has 0 bridgehead atoms. The molecular weight excluding hydrogens is 450 g/mol. The maximum atomic E-state index is 12.9. The normalized spacial score (nSPS) is 14.7. The highest BCUT2D eigenvalue weighted by atomic mass is 32.2. The van der Waals surface area contributed by atoms with E-state index in [1.165, 1.54) is 47.0 Å². The van der Waals surface area contributed by atoms with Crippen molar-refractivity contribution in [1.82, 2.24) is 9.29 Å². The van der Waals surface area contributed by atoms with Crippen LogP contribution in [0, 0.1) is 0 Å². The summed E-state index contributed by atoms with van der Waals surface area (Å²) in [5, 5.41) is 3.11. The highest BCUT2D eigenvalue weighted by Gasteiger charge is 2.30. The van der Waals surface area contributed by atoms with Crippen LogP contribution in [0.4, 0.5) is 5.13 Å². The summed E-state index contributed by atoms with van der Waals surface area (Å²) in [6.45, 7) is 0. The monoisotopic (exact) mass is 473 g/mol. The first-order chi connectivity index (χ1) is 15.3. The number of anilines is 1. The van der Waals surface area contributed by atoms with Gasteiger partial charge in [0.1, 0.15) is 0 Å². The van der Waals surface area contributed by atoms with Crippen LogP contribution in [0.5, 0.6) is 0 Å². The Bertz CT molecular complexity index is 1260. The molecule has 0 atom stereocenters. The van der Waals surface area contributed by atoms with Crippen molar-refractivity contribution >= 4 is 48.6 Å². The number of nitrogens with one attached hydrogen (secondary N) is 1. The van der Waals surface area contributed by atoms with Crippen molar-refractivity contribution in [3.63, 3.8) is 0 Å². The molecule has 0 unspecified atom stereocenters. The van der Waals surface area contributed by atoms with Gasteiger partial charge in [-0.05, 0) is 55.3 Å². The second-order valence-electron chi connectivity index (χ2n) is 7.63. The molecule has 10 heteroatoms. The lowest BCUT2D eigenvalue weighted by Gasteiger charge is -2.23. The predicted octanol–water partition coefficient (Wildman–Crippen LogP) is 3.90. The SMILES string of the molecule is COC(=O)c1ccc2nc(NC(=O)c3ccc(S(=O)(=O)N(C)C4CCCC4)cc3)sc2c1. The molecule has 0 aliphatic heterocycles. The van der Waals surface area contributed by atoms with Crippen molar-refractivity contribution in [3.8, 4) is 0 Å². The average molecular weight is 474 g/mol. The number of amides is 1. The molecule has 4 rings (SSSR count). The molecule has 3 aromatic rings. The van der Waals surface area contributed by atoms with Crippen LogP contribution in [0.3, 0.4) is 0 Å². The van der Waals surface area contributed by atoms with Gasteiger partial charge >= 0.3 is 5.97 Å². The van der Waals surface area contributed by atoms with Crippen LogP contribution in [0.25, 0.3) is 10.2 Å². The van der Waals surface area contributed by atoms with Crippen molar-refractivity contribution in [2.24, 2.45) is 0 Å². The van der Waals surface area contributed by atoms with Crippen LogP contribution in [0.2, 0.25) is 0 Å². The largest absolute Gasteiger partial charge is 0.465 e. The third-order valence-corrected chi connectivity index (χ3v) is 8.52. The number of hydrogen-bond donors (Lipinski definition) is 1. The number of rotatable bonds is 6. The number of methoxy groups -OCH3 is 1. The van der Waals surface area contributed by atoms with Gasteiger partial charge in [-0.2, -0.15) is 4.31 Å². The van der Waals surface area contributed by atoms with Crippen LogP contribution < -0.4 is 5.32 Å². The van der Waals surface area contributed by atoms with Crippen LogP contribution in [0.15, 0.2) is 47.4 Å². The van der Waals surface area contributed by atoms with E-state index >= 15 is 0 Å². The molecule has 1 aromatic heterocycles. The number of nitrogens with zero attached hydrogens (tertiary/aromatic N) is 2. The second-order valence-corrected chi connectivity index (χ2v) is 10.7.